The standard InChI is InChI=1S/C16H13F3N4O2S/c1-23-14(12-3-2-8-25-12)21-22-15(23)26-9-13(24)20-11-6-4-10(5-7-11)16(17,18)19/h2-8H,9H2,1H3,(H,20,24). The monoisotopic (exact) mass is 382 g/mol. The fourth-order valence-electron chi connectivity index (χ4n) is 2.13. The smallest absolute Gasteiger partial charge is 0.416 e. The van der Waals surface area contributed by atoms with E-state index in [1.807, 2.05) is 0 Å². The molecule has 0 fully saturated rings. The van der Waals surface area contributed by atoms with Crippen molar-refractivity contribution < 1.29 is 22.4 Å². The average molecular weight is 382 g/mol. The number of amides is 1. The minimum Gasteiger partial charge on any atom is -0.461 e. The molecule has 0 bridgehead atoms. The van der Waals surface area contributed by atoms with Crippen molar-refractivity contribution in [2.75, 3.05) is 11.1 Å². The molecule has 0 spiro atoms. The lowest BCUT2D eigenvalue weighted by molar-refractivity contribution is -0.137. The molecular formula is C16H13F3N4O2S. The second-order valence-electron chi connectivity index (χ2n) is 5.25. The van der Waals surface area contributed by atoms with Gasteiger partial charge < -0.3 is 14.3 Å². The van der Waals surface area contributed by atoms with Crippen LogP contribution in [0.15, 0.2) is 52.2 Å². The van der Waals surface area contributed by atoms with Gasteiger partial charge in [-0.3, -0.25) is 4.79 Å². The van der Waals surface area contributed by atoms with Crippen LogP contribution in [0.4, 0.5) is 18.9 Å². The van der Waals surface area contributed by atoms with E-state index in [0.717, 1.165) is 23.9 Å². The third-order valence-electron chi connectivity index (χ3n) is 3.40. The third kappa shape index (κ3) is 4.07. The van der Waals surface area contributed by atoms with E-state index in [1.54, 1.807) is 23.7 Å². The normalized spacial score (nSPS) is 11.5. The predicted molar refractivity (Wildman–Crippen MR) is 89.5 cm³/mol. The zero-order valence-electron chi connectivity index (χ0n) is 13.4. The van der Waals surface area contributed by atoms with Crippen molar-refractivity contribution in [2.45, 2.75) is 11.3 Å². The first kappa shape index (κ1) is 18.1. The summed E-state index contributed by atoms with van der Waals surface area (Å²) >= 11 is 1.16. The van der Waals surface area contributed by atoms with Crippen LogP contribution in [-0.4, -0.2) is 26.4 Å². The molecule has 1 aromatic carbocycles. The lowest BCUT2D eigenvalue weighted by Gasteiger charge is -2.08. The minimum atomic E-state index is -4.41. The van der Waals surface area contributed by atoms with Crippen LogP contribution < -0.4 is 5.32 Å². The first-order valence-electron chi connectivity index (χ1n) is 7.38. The van der Waals surface area contributed by atoms with Gasteiger partial charge in [0.05, 0.1) is 17.6 Å². The van der Waals surface area contributed by atoms with Crippen LogP contribution in [0, 0.1) is 0 Å². The zero-order chi connectivity index (χ0) is 18.7. The number of carbonyl (C=O) groups excluding carboxylic acids is 1. The number of halogens is 3. The van der Waals surface area contributed by atoms with Gasteiger partial charge in [0.2, 0.25) is 5.91 Å². The summed E-state index contributed by atoms with van der Waals surface area (Å²) in [6.07, 6.45) is -2.89. The van der Waals surface area contributed by atoms with Gasteiger partial charge in [0, 0.05) is 12.7 Å². The number of carbonyl (C=O) groups is 1. The second-order valence-corrected chi connectivity index (χ2v) is 6.20. The average Bonchev–Trinajstić information content (AvgIpc) is 3.22. The molecule has 0 aliphatic rings. The van der Waals surface area contributed by atoms with Crippen molar-refractivity contribution in [3.63, 3.8) is 0 Å². The molecule has 0 atom stereocenters. The number of hydrogen-bond donors (Lipinski definition) is 1. The van der Waals surface area contributed by atoms with Crippen molar-refractivity contribution in [2.24, 2.45) is 7.05 Å². The molecule has 26 heavy (non-hydrogen) atoms. The number of hydrogen-bond acceptors (Lipinski definition) is 5. The minimum absolute atomic E-state index is 0.0329. The summed E-state index contributed by atoms with van der Waals surface area (Å²) in [5.74, 6) is 0.754. The lowest BCUT2D eigenvalue weighted by Crippen LogP contribution is -2.14. The van der Waals surface area contributed by atoms with Gasteiger partial charge in [0.25, 0.3) is 0 Å². The second kappa shape index (κ2) is 7.24. The molecule has 0 saturated carbocycles. The van der Waals surface area contributed by atoms with E-state index in [9.17, 15) is 18.0 Å². The largest absolute Gasteiger partial charge is 0.461 e. The number of nitrogens with one attached hydrogen (secondary N) is 1. The SMILES string of the molecule is Cn1c(SCC(=O)Nc2ccc(C(F)(F)F)cc2)nnc1-c1ccco1. The van der Waals surface area contributed by atoms with Crippen LogP contribution in [0.3, 0.4) is 0 Å². The molecule has 0 saturated heterocycles. The third-order valence-corrected chi connectivity index (χ3v) is 4.43. The van der Waals surface area contributed by atoms with Crippen molar-refractivity contribution in [1.29, 1.82) is 0 Å². The highest BCUT2D eigenvalue weighted by Gasteiger charge is 2.30. The fraction of sp³-hybridized carbons (Fsp3) is 0.188. The van der Waals surface area contributed by atoms with E-state index in [0.29, 0.717) is 16.7 Å². The van der Waals surface area contributed by atoms with E-state index in [2.05, 4.69) is 15.5 Å². The van der Waals surface area contributed by atoms with Crippen molar-refractivity contribution in [3.8, 4) is 11.6 Å². The summed E-state index contributed by atoms with van der Waals surface area (Å²) < 4.78 is 44.5. The predicted octanol–water partition coefficient (Wildman–Crippen LogP) is 3.82. The van der Waals surface area contributed by atoms with Gasteiger partial charge in [-0.1, -0.05) is 11.8 Å². The molecule has 0 unspecified atom stereocenters. The molecule has 1 N–H and O–H groups in total. The Morgan fingerprint density at radius 2 is 1.96 bits per heavy atom. The molecule has 136 valence electrons. The first-order chi connectivity index (χ1) is 12.3. The van der Waals surface area contributed by atoms with Gasteiger partial charge in [-0.15, -0.1) is 10.2 Å². The summed E-state index contributed by atoms with van der Waals surface area (Å²) in [6.45, 7) is 0. The topological polar surface area (TPSA) is 73.0 Å². The molecule has 0 aliphatic carbocycles. The molecule has 1 amide bonds. The van der Waals surface area contributed by atoms with Crippen LogP contribution >= 0.6 is 11.8 Å². The maximum atomic E-state index is 12.5. The Hall–Kier alpha value is -2.75. The number of furan rings is 1. The lowest BCUT2D eigenvalue weighted by atomic mass is 10.2. The number of thioether (sulfide) groups is 1. The molecule has 10 heteroatoms. The fourth-order valence-corrected chi connectivity index (χ4v) is 2.84. The Bertz CT molecular complexity index is 889. The number of nitrogens with zero attached hydrogens (tertiary/aromatic N) is 3. The first-order valence-corrected chi connectivity index (χ1v) is 8.36. The van der Waals surface area contributed by atoms with Crippen molar-refractivity contribution in [1.82, 2.24) is 14.8 Å². The van der Waals surface area contributed by atoms with E-state index in [4.69, 9.17) is 4.42 Å². The summed E-state index contributed by atoms with van der Waals surface area (Å²) in [5, 5.41) is 11.1. The quantitative estimate of drug-likeness (QED) is 0.679. The number of aromatic nitrogens is 3. The summed E-state index contributed by atoms with van der Waals surface area (Å²) in [7, 11) is 1.74. The number of alkyl halides is 3. The van der Waals surface area contributed by atoms with Gasteiger partial charge in [-0.2, -0.15) is 13.2 Å². The van der Waals surface area contributed by atoms with E-state index in [1.165, 1.54) is 18.4 Å². The molecule has 6 nitrogen and oxygen atoms in total. The number of anilines is 1. The Kier molecular flexibility index (Phi) is 5.03. The van der Waals surface area contributed by atoms with Crippen LogP contribution in [-0.2, 0) is 18.0 Å². The number of rotatable bonds is 5. The van der Waals surface area contributed by atoms with Crippen LogP contribution in [0.25, 0.3) is 11.6 Å². The highest BCUT2D eigenvalue weighted by Crippen LogP contribution is 2.30. The molecule has 2 aromatic heterocycles. The van der Waals surface area contributed by atoms with Gasteiger partial charge in [0.1, 0.15) is 0 Å². The van der Waals surface area contributed by atoms with Crippen LogP contribution in [0.2, 0.25) is 0 Å². The van der Waals surface area contributed by atoms with Gasteiger partial charge in [0.15, 0.2) is 16.7 Å². The van der Waals surface area contributed by atoms with Gasteiger partial charge in [-0.25, -0.2) is 0 Å². The molecule has 0 aliphatic heterocycles. The maximum Gasteiger partial charge on any atom is 0.416 e. The summed E-state index contributed by atoms with van der Waals surface area (Å²) in [6, 6.07) is 7.73. The Morgan fingerprint density at radius 3 is 2.58 bits per heavy atom. The summed E-state index contributed by atoms with van der Waals surface area (Å²) in [4.78, 5) is 12.0. The molecule has 0 radical (unpaired) electrons. The highest BCUT2D eigenvalue weighted by atomic mass is 32.2. The Morgan fingerprint density at radius 1 is 1.23 bits per heavy atom. The Balaban J connectivity index is 1.58. The molecule has 2 heterocycles. The zero-order valence-corrected chi connectivity index (χ0v) is 14.3. The summed E-state index contributed by atoms with van der Waals surface area (Å²) in [5.41, 5.74) is -0.479. The van der Waals surface area contributed by atoms with E-state index < -0.39 is 11.7 Å². The number of benzene rings is 1. The van der Waals surface area contributed by atoms with Gasteiger partial charge >= 0.3 is 6.18 Å². The van der Waals surface area contributed by atoms with E-state index >= 15 is 0 Å². The van der Waals surface area contributed by atoms with Crippen LogP contribution in [0.1, 0.15) is 5.56 Å². The molecule has 3 rings (SSSR count). The van der Waals surface area contributed by atoms with E-state index in [-0.39, 0.29) is 17.3 Å². The van der Waals surface area contributed by atoms with Crippen molar-refractivity contribution >= 4 is 23.4 Å². The molecular weight excluding hydrogens is 369 g/mol. The van der Waals surface area contributed by atoms with Crippen LogP contribution in [0.5, 0.6) is 0 Å². The van der Waals surface area contributed by atoms with Crippen molar-refractivity contribution in [3.05, 3.63) is 48.2 Å². The molecule has 3 aromatic rings. The highest BCUT2D eigenvalue weighted by molar-refractivity contribution is 7.99. The Labute approximate surface area is 150 Å². The van der Waals surface area contributed by atoms with Gasteiger partial charge in [-0.05, 0) is 36.4 Å². The maximum absolute atomic E-state index is 12.5.